The number of anilines is 2. The second kappa shape index (κ2) is 13.5. The maximum atomic E-state index is 14.4. The molecule has 242 valence electrons. The van der Waals surface area contributed by atoms with Crippen LogP contribution >= 0.6 is 0 Å². The Morgan fingerprint density at radius 1 is 0.553 bits per heavy atom. The normalized spacial score (nSPS) is 19.4. The molecule has 1 aliphatic carbocycles. The van der Waals surface area contributed by atoms with Crippen LogP contribution in [0.4, 0.5) is 11.4 Å². The third-order valence-corrected chi connectivity index (χ3v) is 10.6. The Hall–Kier alpha value is -4.12. The van der Waals surface area contributed by atoms with Crippen LogP contribution in [-0.2, 0) is 0 Å². The van der Waals surface area contributed by atoms with E-state index >= 15 is 0 Å². The van der Waals surface area contributed by atoms with Crippen molar-refractivity contribution in [2.45, 2.75) is 76.4 Å². The minimum absolute atomic E-state index is 0.592. The van der Waals surface area contributed by atoms with Crippen molar-refractivity contribution in [3.05, 3.63) is 108 Å². The lowest BCUT2D eigenvalue weighted by Crippen LogP contribution is -2.63. The summed E-state index contributed by atoms with van der Waals surface area (Å²) in [5.41, 5.74) is 4.02. The first-order chi connectivity index (χ1) is 23.0. The molecule has 4 heteroatoms. The molecule has 0 spiro atoms. The largest absolute Gasteiger partial charge is 0.851 e. The molecule has 2 unspecified atom stereocenters. The van der Waals surface area contributed by atoms with E-state index in [2.05, 4.69) is 96.9 Å². The summed E-state index contributed by atoms with van der Waals surface area (Å²) in [7, 11) is 1.92. The average Bonchev–Trinajstić information content (AvgIpc) is 3.10. The predicted octanol–water partition coefficient (Wildman–Crippen LogP) is 8.87. The number of benzene rings is 6. The Morgan fingerprint density at radius 3 is 1.49 bits per heavy atom. The average molecular weight is 623 g/mol. The molecule has 2 atom stereocenters. The van der Waals surface area contributed by atoms with Crippen molar-refractivity contribution in [3.63, 3.8) is 0 Å². The van der Waals surface area contributed by atoms with Gasteiger partial charge in [0.1, 0.15) is 0 Å². The van der Waals surface area contributed by atoms with Crippen molar-refractivity contribution < 1.29 is 10.2 Å². The molecule has 0 heterocycles. The molecular formula is C43H46N2O2-2. The Kier molecular flexibility index (Phi) is 9.07. The molecule has 1 fully saturated rings. The van der Waals surface area contributed by atoms with Gasteiger partial charge in [0, 0.05) is 42.3 Å². The molecule has 1 N–H and O–H groups in total. The molecule has 4 nitrogen and oxygen atoms in total. The maximum Gasteiger partial charge on any atom is 0.0446 e. The second-order valence-electron chi connectivity index (χ2n) is 13.5. The topological polar surface area (TPSA) is 61.4 Å². The number of hydrogen-bond acceptors (Lipinski definition) is 4. The zero-order chi connectivity index (χ0) is 32.5. The van der Waals surface area contributed by atoms with E-state index in [4.69, 9.17) is 0 Å². The summed E-state index contributed by atoms with van der Waals surface area (Å²) in [6, 6.07) is 34.0. The Labute approximate surface area is 279 Å². The number of nitrogens with one attached hydrogen (secondary N) is 1. The van der Waals surface area contributed by atoms with E-state index in [0.29, 0.717) is 0 Å². The van der Waals surface area contributed by atoms with Gasteiger partial charge in [0.2, 0.25) is 0 Å². The first kappa shape index (κ1) is 31.5. The van der Waals surface area contributed by atoms with Gasteiger partial charge in [0.05, 0.1) is 0 Å². The van der Waals surface area contributed by atoms with Gasteiger partial charge in [-0.05, 0) is 105 Å². The van der Waals surface area contributed by atoms with Crippen molar-refractivity contribution in [2.24, 2.45) is 0 Å². The van der Waals surface area contributed by atoms with E-state index in [1.807, 2.05) is 31.3 Å². The highest BCUT2D eigenvalue weighted by molar-refractivity contribution is 6.07. The second-order valence-corrected chi connectivity index (χ2v) is 13.5. The molecule has 0 saturated heterocycles. The highest BCUT2D eigenvalue weighted by Crippen LogP contribution is 2.50. The summed E-state index contributed by atoms with van der Waals surface area (Å²) in [5, 5.41) is 40.9. The lowest BCUT2D eigenvalue weighted by atomic mass is 9.62. The summed E-state index contributed by atoms with van der Waals surface area (Å²) in [5.74, 6) is -1.19. The molecule has 1 saturated carbocycles. The van der Waals surface area contributed by atoms with Crippen LogP contribution in [0.2, 0.25) is 0 Å². The van der Waals surface area contributed by atoms with Gasteiger partial charge in [-0.1, -0.05) is 100 Å². The zero-order valence-corrected chi connectivity index (χ0v) is 28.0. The van der Waals surface area contributed by atoms with Gasteiger partial charge in [-0.3, -0.25) is 0 Å². The van der Waals surface area contributed by atoms with Crippen LogP contribution in [0.15, 0.2) is 97.1 Å². The van der Waals surface area contributed by atoms with Gasteiger partial charge in [-0.2, -0.15) is 0 Å². The summed E-state index contributed by atoms with van der Waals surface area (Å²) in [6.07, 6.45) is 5.08. The van der Waals surface area contributed by atoms with Crippen LogP contribution < -0.4 is 20.4 Å². The number of hydrogen-bond donors (Lipinski definition) is 1. The fourth-order valence-electron chi connectivity index (χ4n) is 8.01. The lowest BCUT2D eigenvalue weighted by molar-refractivity contribution is -0.535. The van der Waals surface area contributed by atoms with E-state index in [-0.39, 0.29) is 0 Å². The Morgan fingerprint density at radius 2 is 1.00 bits per heavy atom. The minimum atomic E-state index is -1.02. The minimum Gasteiger partial charge on any atom is -0.851 e. The van der Waals surface area contributed by atoms with E-state index in [0.717, 1.165) is 80.4 Å². The SMILES string of the molecule is CCCCCN(CCCCC)c1ccc(C2C([O-])C(c3ccc(NC)c4cc5ccccc5cc34)C2[O-])c2cc3ccccc3cc12. The highest BCUT2D eigenvalue weighted by Gasteiger charge is 2.40. The molecular weight excluding hydrogens is 576 g/mol. The molecule has 6 aromatic rings. The Balaban J connectivity index is 1.31. The standard InChI is InChI=1S/C43H46N2O2/c1-4-6-12-22-45(23-13-7-5-2)39-21-19-33(35-25-29-15-9-11-17-31(29)27-37(35)39)41-42(46)40(43(41)47)32-18-20-38(44-3)36-26-30-16-10-8-14-28(30)24-34(32)36/h8-11,14-21,24-27,40-44H,4-7,12-13,22-23H2,1-3H3/q-2. The molecule has 0 aliphatic heterocycles. The molecule has 1 aliphatic rings. The number of rotatable bonds is 12. The number of unbranched alkanes of at least 4 members (excludes halogenated alkanes) is 4. The zero-order valence-electron chi connectivity index (χ0n) is 28.0. The van der Waals surface area contributed by atoms with Gasteiger partial charge in [0.25, 0.3) is 0 Å². The van der Waals surface area contributed by atoms with Crippen molar-refractivity contribution >= 4 is 54.5 Å². The summed E-state index contributed by atoms with van der Waals surface area (Å²) in [6.45, 7) is 6.54. The smallest absolute Gasteiger partial charge is 0.0446 e. The molecule has 0 amide bonds. The lowest BCUT2D eigenvalue weighted by Gasteiger charge is -2.62. The summed E-state index contributed by atoms with van der Waals surface area (Å²) in [4.78, 5) is 2.55. The third-order valence-electron chi connectivity index (χ3n) is 10.6. The van der Waals surface area contributed by atoms with Crippen LogP contribution in [0.5, 0.6) is 0 Å². The molecule has 47 heavy (non-hydrogen) atoms. The Bertz CT molecular complexity index is 2010. The van der Waals surface area contributed by atoms with Crippen LogP contribution in [-0.4, -0.2) is 32.3 Å². The van der Waals surface area contributed by atoms with Gasteiger partial charge >= 0.3 is 0 Å². The van der Waals surface area contributed by atoms with Crippen molar-refractivity contribution in [1.82, 2.24) is 0 Å². The van der Waals surface area contributed by atoms with Crippen LogP contribution in [0.3, 0.4) is 0 Å². The molecule has 0 aromatic heterocycles. The fourth-order valence-corrected chi connectivity index (χ4v) is 8.01. The van der Waals surface area contributed by atoms with E-state index in [1.54, 1.807) is 0 Å². The first-order valence-electron chi connectivity index (χ1n) is 17.7. The van der Waals surface area contributed by atoms with Crippen molar-refractivity contribution in [2.75, 3.05) is 30.4 Å². The van der Waals surface area contributed by atoms with Gasteiger partial charge < -0.3 is 20.4 Å². The monoisotopic (exact) mass is 622 g/mol. The highest BCUT2D eigenvalue weighted by atomic mass is 16.3. The molecule has 6 aromatic carbocycles. The van der Waals surface area contributed by atoms with Crippen LogP contribution in [0.1, 0.15) is 75.3 Å². The summed E-state index contributed by atoms with van der Waals surface area (Å²) >= 11 is 0. The van der Waals surface area contributed by atoms with Gasteiger partial charge in [0.15, 0.2) is 0 Å². The molecule has 0 bridgehead atoms. The van der Waals surface area contributed by atoms with Crippen LogP contribution in [0, 0.1) is 0 Å². The first-order valence-corrected chi connectivity index (χ1v) is 17.7. The fraction of sp³-hybridized carbons (Fsp3) is 0.349. The van der Waals surface area contributed by atoms with E-state index in [1.165, 1.54) is 36.8 Å². The van der Waals surface area contributed by atoms with E-state index in [9.17, 15) is 10.2 Å². The quantitative estimate of drug-likeness (QED) is 0.109. The maximum absolute atomic E-state index is 14.4. The van der Waals surface area contributed by atoms with Crippen molar-refractivity contribution in [3.8, 4) is 0 Å². The molecule has 0 radical (unpaired) electrons. The summed E-state index contributed by atoms with van der Waals surface area (Å²) < 4.78 is 0. The van der Waals surface area contributed by atoms with Gasteiger partial charge in [-0.25, -0.2) is 0 Å². The number of nitrogens with zero attached hydrogens (tertiary/aromatic N) is 1. The third kappa shape index (κ3) is 5.72. The van der Waals surface area contributed by atoms with E-state index < -0.39 is 24.0 Å². The number of fused-ring (bicyclic) bond motifs is 4. The van der Waals surface area contributed by atoms with Crippen molar-refractivity contribution in [1.29, 1.82) is 0 Å². The predicted molar refractivity (Wildman–Crippen MR) is 197 cm³/mol. The van der Waals surface area contributed by atoms with Crippen LogP contribution in [0.25, 0.3) is 43.1 Å². The van der Waals surface area contributed by atoms with Gasteiger partial charge in [-0.15, -0.1) is 12.2 Å². The molecule has 7 rings (SSSR count).